The molecule has 5 heteroatoms. The van der Waals surface area contributed by atoms with E-state index in [1.165, 1.54) is 11.3 Å². The summed E-state index contributed by atoms with van der Waals surface area (Å²) >= 11 is 1.39. The van der Waals surface area contributed by atoms with Gasteiger partial charge in [0, 0.05) is 24.2 Å². The first-order valence-corrected chi connectivity index (χ1v) is 6.14. The zero-order valence-electron chi connectivity index (χ0n) is 9.53. The first kappa shape index (κ1) is 12.7. The number of carbonyl (C=O) groups is 2. The maximum atomic E-state index is 11.4. The lowest BCUT2D eigenvalue weighted by atomic mass is 10.3. The van der Waals surface area contributed by atoms with Crippen molar-refractivity contribution in [2.24, 2.45) is 0 Å². The maximum Gasteiger partial charge on any atom is 0.239 e. The SMILES string of the molecule is CCNC(=O)CN(CC)c1csc(C=O)c1. The molecule has 4 nitrogen and oxygen atoms in total. The summed E-state index contributed by atoms with van der Waals surface area (Å²) < 4.78 is 0. The van der Waals surface area contributed by atoms with Crippen LogP contribution in [-0.2, 0) is 4.79 Å². The van der Waals surface area contributed by atoms with Crippen LogP contribution < -0.4 is 10.2 Å². The second kappa shape index (κ2) is 6.27. The summed E-state index contributed by atoms with van der Waals surface area (Å²) in [5.74, 6) is 0.00297. The summed E-state index contributed by atoms with van der Waals surface area (Å²) in [6.07, 6.45) is 0.828. The normalized spacial score (nSPS) is 9.88. The third kappa shape index (κ3) is 3.34. The number of likely N-dealkylation sites (N-methyl/N-ethyl adjacent to an activating group) is 2. The van der Waals surface area contributed by atoms with Gasteiger partial charge in [0.2, 0.25) is 5.91 Å². The van der Waals surface area contributed by atoms with Crippen molar-refractivity contribution < 1.29 is 9.59 Å². The Balaban J connectivity index is 2.66. The molecule has 0 radical (unpaired) electrons. The first-order valence-electron chi connectivity index (χ1n) is 5.26. The van der Waals surface area contributed by atoms with E-state index >= 15 is 0 Å². The number of anilines is 1. The molecule has 1 aromatic heterocycles. The van der Waals surface area contributed by atoms with Crippen molar-refractivity contribution in [3.05, 3.63) is 16.3 Å². The number of aldehydes is 1. The predicted octanol–water partition coefficient (Wildman–Crippen LogP) is 1.52. The predicted molar refractivity (Wildman–Crippen MR) is 66.3 cm³/mol. The van der Waals surface area contributed by atoms with Gasteiger partial charge in [-0.1, -0.05) is 0 Å². The van der Waals surface area contributed by atoms with Gasteiger partial charge in [0.15, 0.2) is 6.29 Å². The van der Waals surface area contributed by atoms with Gasteiger partial charge < -0.3 is 10.2 Å². The number of hydrogen-bond acceptors (Lipinski definition) is 4. The Kier molecular flexibility index (Phi) is 4.98. The molecule has 88 valence electrons. The van der Waals surface area contributed by atoms with Crippen molar-refractivity contribution in [2.75, 3.05) is 24.5 Å². The summed E-state index contributed by atoms with van der Waals surface area (Å²) in [7, 11) is 0. The number of nitrogens with one attached hydrogen (secondary N) is 1. The number of thiophene rings is 1. The summed E-state index contributed by atoms with van der Waals surface area (Å²) in [6.45, 7) is 5.59. The molecule has 1 amide bonds. The van der Waals surface area contributed by atoms with Crippen molar-refractivity contribution in [3.63, 3.8) is 0 Å². The van der Waals surface area contributed by atoms with Gasteiger partial charge in [0.05, 0.1) is 11.4 Å². The van der Waals surface area contributed by atoms with E-state index in [1.54, 1.807) is 6.07 Å². The van der Waals surface area contributed by atoms with Gasteiger partial charge in [-0.2, -0.15) is 0 Å². The van der Waals surface area contributed by atoms with E-state index in [0.717, 1.165) is 18.5 Å². The fourth-order valence-corrected chi connectivity index (χ4v) is 2.10. The fourth-order valence-electron chi connectivity index (χ4n) is 1.38. The maximum absolute atomic E-state index is 11.4. The van der Waals surface area contributed by atoms with Crippen LogP contribution in [0.15, 0.2) is 11.4 Å². The molecule has 1 aromatic rings. The lowest BCUT2D eigenvalue weighted by Gasteiger charge is -2.20. The minimum Gasteiger partial charge on any atom is -0.362 e. The van der Waals surface area contributed by atoms with Gasteiger partial charge in [-0.05, 0) is 19.9 Å². The molecule has 0 fully saturated rings. The van der Waals surface area contributed by atoms with Crippen LogP contribution in [-0.4, -0.2) is 31.8 Å². The smallest absolute Gasteiger partial charge is 0.239 e. The number of nitrogens with zero attached hydrogens (tertiary/aromatic N) is 1. The third-order valence-corrected chi connectivity index (χ3v) is 3.02. The van der Waals surface area contributed by atoms with Crippen LogP contribution in [0.3, 0.4) is 0 Å². The molecule has 16 heavy (non-hydrogen) atoms. The van der Waals surface area contributed by atoms with Crippen LogP contribution in [0, 0.1) is 0 Å². The van der Waals surface area contributed by atoms with Crippen molar-refractivity contribution in [2.45, 2.75) is 13.8 Å². The fraction of sp³-hybridized carbons (Fsp3) is 0.455. The minimum absolute atomic E-state index is 0.00297. The monoisotopic (exact) mass is 240 g/mol. The summed E-state index contributed by atoms with van der Waals surface area (Å²) in [4.78, 5) is 24.6. The molecular formula is C11H16N2O2S. The summed E-state index contributed by atoms with van der Waals surface area (Å²) in [5, 5.41) is 4.65. The summed E-state index contributed by atoms with van der Waals surface area (Å²) in [6, 6.07) is 1.81. The Morgan fingerprint density at radius 3 is 2.81 bits per heavy atom. The molecule has 0 aliphatic heterocycles. The zero-order valence-corrected chi connectivity index (χ0v) is 10.3. The Morgan fingerprint density at radius 1 is 1.56 bits per heavy atom. The van der Waals surface area contributed by atoms with Crippen LogP contribution >= 0.6 is 11.3 Å². The molecule has 0 saturated carbocycles. The number of hydrogen-bond donors (Lipinski definition) is 1. The first-order chi connectivity index (χ1) is 7.71. The van der Waals surface area contributed by atoms with E-state index in [1.807, 2.05) is 24.1 Å². The van der Waals surface area contributed by atoms with Crippen molar-refractivity contribution in [1.29, 1.82) is 0 Å². The highest BCUT2D eigenvalue weighted by Crippen LogP contribution is 2.21. The quantitative estimate of drug-likeness (QED) is 0.767. The summed E-state index contributed by atoms with van der Waals surface area (Å²) in [5.41, 5.74) is 0.931. The van der Waals surface area contributed by atoms with E-state index in [0.29, 0.717) is 18.0 Å². The Morgan fingerprint density at radius 2 is 2.31 bits per heavy atom. The number of rotatable bonds is 6. The average Bonchev–Trinajstić information content (AvgIpc) is 2.74. The zero-order chi connectivity index (χ0) is 12.0. The van der Waals surface area contributed by atoms with Gasteiger partial charge in [0.25, 0.3) is 0 Å². The van der Waals surface area contributed by atoms with Gasteiger partial charge in [0.1, 0.15) is 0 Å². The molecule has 1 heterocycles. The average molecular weight is 240 g/mol. The van der Waals surface area contributed by atoms with Crippen molar-refractivity contribution in [3.8, 4) is 0 Å². The van der Waals surface area contributed by atoms with Crippen LogP contribution in [0.5, 0.6) is 0 Å². The molecule has 0 saturated heterocycles. The van der Waals surface area contributed by atoms with E-state index < -0.39 is 0 Å². The van der Waals surface area contributed by atoms with Gasteiger partial charge in [-0.15, -0.1) is 11.3 Å². The molecule has 0 atom stereocenters. The van der Waals surface area contributed by atoms with E-state index in [9.17, 15) is 9.59 Å². The Hall–Kier alpha value is -1.36. The highest BCUT2D eigenvalue weighted by atomic mass is 32.1. The molecule has 0 spiro atoms. The lowest BCUT2D eigenvalue weighted by Crippen LogP contribution is -2.36. The molecule has 1 N–H and O–H groups in total. The van der Waals surface area contributed by atoms with E-state index in [2.05, 4.69) is 5.32 Å². The third-order valence-electron chi connectivity index (χ3n) is 2.18. The van der Waals surface area contributed by atoms with Gasteiger partial charge >= 0.3 is 0 Å². The number of carbonyl (C=O) groups excluding carboxylic acids is 2. The Labute approximate surface area is 99.3 Å². The van der Waals surface area contributed by atoms with Crippen LogP contribution in [0.2, 0.25) is 0 Å². The second-order valence-corrected chi connectivity index (χ2v) is 4.24. The minimum atomic E-state index is 0.00297. The molecule has 0 aliphatic carbocycles. The number of amides is 1. The molecule has 0 aromatic carbocycles. The largest absolute Gasteiger partial charge is 0.362 e. The van der Waals surface area contributed by atoms with Crippen molar-refractivity contribution in [1.82, 2.24) is 5.32 Å². The van der Waals surface area contributed by atoms with E-state index in [4.69, 9.17) is 0 Å². The van der Waals surface area contributed by atoms with Crippen LogP contribution in [0.1, 0.15) is 23.5 Å². The second-order valence-electron chi connectivity index (χ2n) is 3.29. The van der Waals surface area contributed by atoms with Gasteiger partial charge in [-0.3, -0.25) is 9.59 Å². The lowest BCUT2D eigenvalue weighted by molar-refractivity contribution is -0.119. The van der Waals surface area contributed by atoms with Crippen LogP contribution in [0.25, 0.3) is 0 Å². The highest BCUT2D eigenvalue weighted by Gasteiger charge is 2.10. The molecular weight excluding hydrogens is 224 g/mol. The molecule has 0 aliphatic rings. The van der Waals surface area contributed by atoms with E-state index in [-0.39, 0.29) is 5.91 Å². The highest BCUT2D eigenvalue weighted by molar-refractivity contribution is 7.12. The molecule has 1 rings (SSSR count). The van der Waals surface area contributed by atoms with Gasteiger partial charge in [-0.25, -0.2) is 0 Å². The van der Waals surface area contributed by atoms with Crippen molar-refractivity contribution >= 4 is 29.2 Å². The molecule has 0 bridgehead atoms. The Bertz CT molecular complexity index is 363. The van der Waals surface area contributed by atoms with Crippen LogP contribution in [0.4, 0.5) is 5.69 Å². The molecule has 0 unspecified atom stereocenters. The topological polar surface area (TPSA) is 49.4 Å². The standard InChI is InChI=1S/C11H16N2O2S/c1-3-12-11(15)6-13(4-2)9-5-10(7-14)16-8-9/h5,7-8H,3-4,6H2,1-2H3,(H,12,15).